The maximum Gasteiger partial charge on any atom is 0.407 e. The maximum atomic E-state index is 12.4. The average Bonchev–Trinajstić information content (AvgIpc) is 2.62. The predicted octanol–water partition coefficient (Wildman–Crippen LogP) is 3.11. The van der Waals surface area contributed by atoms with Crippen molar-refractivity contribution in [1.82, 2.24) is 21.3 Å². The number of amides is 3. The highest BCUT2D eigenvalue weighted by atomic mass is 16.6. The van der Waals surface area contributed by atoms with Gasteiger partial charge in [0.25, 0.3) is 0 Å². The van der Waals surface area contributed by atoms with Gasteiger partial charge in [-0.1, -0.05) is 0 Å². The molecule has 5 N–H and O–H groups in total. The molecule has 9 heteroatoms. The summed E-state index contributed by atoms with van der Waals surface area (Å²) < 4.78 is 10.8. The second-order valence-corrected chi connectivity index (χ2v) is 11.1. The Bertz CT molecular complexity index is 600. The van der Waals surface area contributed by atoms with Gasteiger partial charge in [0.2, 0.25) is 6.41 Å². The monoisotopic (exact) mass is 456 g/mol. The first kappa shape index (κ1) is 26.7. The predicted molar refractivity (Wildman–Crippen MR) is 123 cm³/mol. The van der Waals surface area contributed by atoms with E-state index in [2.05, 4.69) is 21.3 Å². The molecule has 2 aliphatic rings. The van der Waals surface area contributed by atoms with E-state index < -0.39 is 17.6 Å². The number of hydrogen-bond acceptors (Lipinski definition) is 6. The molecule has 2 saturated carbocycles. The average molecular weight is 457 g/mol. The lowest BCUT2D eigenvalue weighted by atomic mass is 9.90. The van der Waals surface area contributed by atoms with E-state index in [4.69, 9.17) is 9.47 Å². The van der Waals surface area contributed by atoms with Crippen LogP contribution < -0.4 is 21.3 Å². The summed E-state index contributed by atoms with van der Waals surface area (Å²) in [5.41, 5.74) is -0.912. The van der Waals surface area contributed by atoms with Crippen molar-refractivity contribution < 1.29 is 24.2 Å². The zero-order valence-electron chi connectivity index (χ0n) is 20.6. The largest absolute Gasteiger partial charge is 0.444 e. The summed E-state index contributed by atoms with van der Waals surface area (Å²) in [6.07, 6.45) is 5.40. The van der Waals surface area contributed by atoms with Crippen LogP contribution in [0.2, 0.25) is 0 Å². The Morgan fingerprint density at radius 2 is 1.12 bits per heavy atom. The van der Waals surface area contributed by atoms with Gasteiger partial charge in [0.05, 0.1) is 5.60 Å². The Morgan fingerprint density at radius 3 is 1.53 bits per heavy atom. The SMILES string of the molecule is CC(C)(C)OC(=O)NC1CCC(NC(=O)NC2CCC(NC(O)OC(C)(C)C)CC2)CC1. The van der Waals surface area contributed by atoms with Crippen LogP contribution >= 0.6 is 0 Å². The molecule has 0 aliphatic heterocycles. The fourth-order valence-corrected chi connectivity index (χ4v) is 4.24. The van der Waals surface area contributed by atoms with Crippen LogP contribution in [0.5, 0.6) is 0 Å². The van der Waals surface area contributed by atoms with E-state index >= 15 is 0 Å². The highest BCUT2D eigenvalue weighted by Crippen LogP contribution is 2.21. The Labute approximate surface area is 192 Å². The molecule has 1 atom stereocenters. The molecule has 0 radical (unpaired) electrons. The molecular weight excluding hydrogens is 412 g/mol. The van der Waals surface area contributed by atoms with Crippen LogP contribution in [0.1, 0.15) is 92.9 Å². The zero-order valence-corrected chi connectivity index (χ0v) is 20.6. The molecule has 186 valence electrons. The smallest absolute Gasteiger partial charge is 0.407 e. The summed E-state index contributed by atoms with van der Waals surface area (Å²) in [4.78, 5) is 24.3. The lowest BCUT2D eigenvalue weighted by molar-refractivity contribution is -0.186. The normalized spacial score (nSPS) is 27.8. The van der Waals surface area contributed by atoms with Gasteiger partial charge in [0.1, 0.15) is 5.60 Å². The fraction of sp³-hybridized carbons (Fsp3) is 0.913. The van der Waals surface area contributed by atoms with E-state index in [0.717, 1.165) is 51.4 Å². The van der Waals surface area contributed by atoms with E-state index in [1.807, 2.05) is 41.5 Å². The molecule has 0 aromatic heterocycles. The summed E-state index contributed by atoms with van der Waals surface area (Å²) in [6, 6.07) is 0.405. The molecule has 0 saturated heterocycles. The van der Waals surface area contributed by atoms with E-state index in [0.29, 0.717) is 0 Å². The van der Waals surface area contributed by atoms with Crippen molar-refractivity contribution in [2.45, 2.75) is 135 Å². The highest BCUT2D eigenvalue weighted by Gasteiger charge is 2.28. The first-order valence-electron chi connectivity index (χ1n) is 12.0. The van der Waals surface area contributed by atoms with Crippen LogP contribution in [0.4, 0.5) is 9.59 Å². The third kappa shape index (κ3) is 10.8. The minimum Gasteiger partial charge on any atom is -0.444 e. The number of carbonyl (C=O) groups is 2. The molecule has 2 rings (SSSR count). The number of ether oxygens (including phenoxy) is 2. The molecule has 3 amide bonds. The van der Waals surface area contributed by atoms with Gasteiger partial charge in [-0.3, -0.25) is 5.32 Å². The summed E-state index contributed by atoms with van der Waals surface area (Å²) in [5.74, 6) is 0. The van der Waals surface area contributed by atoms with Gasteiger partial charge in [-0.05, 0) is 92.9 Å². The quantitative estimate of drug-likeness (QED) is 0.392. The van der Waals surface area contributed by atoms with Gasteiger partial charge < -0.3 is 30.5 Å². The molecule has 1 unspecified atom stereocenters. The Morgan fingerprint density at radius 1 is 0.719 bits per heavy atom. The van der Waals surface area contributed by atoms with Gasteiger partial charge in [-0.25, -0.2) is 9.59 Å². The van der Waals surface area contributed by atoms with Crippen LogP contribution in [0.3, 0.4) is 0 Å². The number of hydrogen-bond donors (Lipinski definition) is 5. The molecule has 0 bridgehead atoms. The van der Waals surface area contributed by atoms with Crippen LogP contribution in [-0.2, 0) is 9.47 Å². The second kappa shape index (κ2) is 11.5. The summed E-state index contributed by atoms with van der Waals surface area (Å²) in [7, 11) is 0. The number of alkyl carbamates (subject to hydrolysis) is 1. The molecule has 0 spiro atoms. The van der Waals surface area contributed by atoms with E-state index in [-0.39, 0.29) is 36.3 Å². The minimum atomic E-state index is -0.979. The molecule has 0 aromatic carbocycles. The standard InChI is InChI=1S/C23H44N4O5/c1-22(2,3)31-20(29)26-17-11-7-15(8-12-17)24-19(28)25-16-9-13-18(14-10-16)27-21(30)32-23(4,5)6/h15-18,20,26,29H,7-14H2,1-6H3,(H,27,30)(H2,24,25,28). The number of rotatable bonds is 6. The lowest BCUT2D eigenvalue weighted by Gasteiger charge is -2.34. The van der Waals surface area contributed by atoms with Crippen molar-refractivity contribution in [2.24, 2.45) is 0 Å². The summed E-state index contributed by atoms with van der Waals surface area (Å²) >= 11 is 0. The minimum absolute atomic E-state index is 0.0892. The van der Waals surface area contributed by atoms with Gasteiger partial charge in [0.15, 0.2) is 0 Å². The molecule has 2 aliphatic carbocycles. The summed E-state index contributed by atoms with van der Waals surface area (Å²) in [6.45, 7) is 11.3. The third-order valence-corrected chi connectivity index (χ3v) is 5.69. The van der Waals surface area contributed by atoms with Gasteiger partial charge in [-0.15, -0.1) is 0 Å². The molecule has 0 aromatic rings. The fourth-order valence-electron chi connectivity index (χ4n) is 4.24. The van der Waals surface area contributed by atoms with Crippen molar-refractivity contribution in [3.63, 3.8) is 0 Å². The first-order valence-corrected chi connectivity index (χ1v) is 12.0. The Balaban J connectivity index is 1.61. The molecular formula is C23H44N4O5. The second-order valence-electron chi connectivity index (χ2n) is 11.1. The zero-order chi connectivity index (χ0) is 23.9. The number of aliphatic hydroxyl groups excluding tert-OH is 1. The van der Waals surface area contributed by atoms with Crippen LogP contribution in [-0.4, -0.2) is 59.0 Å². The Kier molecular flexibility index (Phi) is 9.60. The van der Waals surface area contributed by atoms with E-state index in [1.165, 1.54) is 0 Å². The third-order valence-electron chi connectivity index (χ3n) is 5.69. The Hall–Kier alpha value is -1.58. The van der Waals surface area contributed by atoms with Crippen molar-refractivity contribution in [3.05, 3.63) is 0 Å². The highest BCUT2D eigenvalue weighted by molar-refractivity contribution is 5.74. The molecule has 32 heavy (non-hydrogen) atoms. The lowest BCUT2D eigenvalue weighted by Crippen LogP contribution is -2.51. The molecule has 9 nitrogen and oxygen atoms in total. The molecule has 2 fully saturated rings. The first-order chi connectivity index (χ1) is 14.8. The van der Waals surface area contributed by atoms with Gasteiger partial charge >= 0.3 is 12.1 Å². The number of carbonyl (C=O) groups excluding carboxylic acids is 2. The van der Waals surface area contributed by atoms with Crippen LogP contribution in [0.25, 0.3) is 0 Å². The summed E-state index contributed by atoms with van der Waals surface area (Å²) in [5, 5.41) is 22.2. The van der Waals surface area contributed by atoms with Crippen molar-refractivity contribution in [1.29, 1.82) is 0 Å². The van der Waals surface area contributed by atoms with Crippen molar-refractivity contribution >= 4 is 12.1 Å². The van der Waals surface area contributed by atoms with E-state index in [9.17, 15) is 14.7 Å². The van der Waals surface area contributed by atoms with Crippen LogP contribution in [0, 0.1) is 0 Å². The van der Waals surface area contributed by atoms with Crippen LogP contribution in [0.15, 0.2) is 0 Å². The van der Waals surface area contributed by atoms with Crippen molar-refractivity contribution in [3.8, 4) is 0 Å². The molecule has 0 heterocycles. The van der Waals surface area contributed by atoms with Gasteiger partial charge in [0, 0.05) is 24.2 Å². The van der Waals surface area contributed by atoms with Crippen molar-refractivity contribution in [2.75, 3.05) is 0 Å². The topological polar surface area (TPSA) is 121 Å². The maximum absolute atomic E-state index is 12.4. The van der Waals surface area contributed by atoms with Gasteiger partial charge in [-0.2, -0.15) is 0 Å². The number of aliphatic hydroxyl groups is 1. The number of nitrogens with one attached hydrogen (secondary N) is 4. The van der Waals surface area contributed by atoms with E-state index in [1.54, 1.807) is 0 Å². The number of urea groups is 1.